The molecule has 0 saturated carbocycles. The molecule has 0 saturated heterocycles. The van der Waals surface area contributed by atoms with E-state index in [-0.39, 0.29) is 0 Å². The van der Waals surface area contributed by atoms with Crippen LogP contribution < -0.4 is 0 Å². The lowest BCUT2D eigenvalue weighted by Gasteiger charge is -2.11. The van der Waals surface area contributed by atoms with Crippen LogP contribution in [-0.2, 0) is 0 Å². The van der Waals surface area contributed by atoms with Crippen LogP contribution in [0.15, 0.2) is 76.2 Å². The third-order valence-corrected chi connectivity index (χ3v) is 4.97. The van der Waals surface area contributed by atoms with Crippen LogP contribution in [0.1, 0.15) is 26.5 Å². The molecule has 4 rings (SSSR count). The average molecular weight is 446 g/mol. The first kappa shape index (κ1) is 20.9. The van der Waals surface area contributed by atoms with E-state index in [4.69, 9.17) is 9.97 Å². The van der Waals surface area contributed by atoms with Crippen molar-refractivity contribution >= 4 is 38.6 Å². The molecule has 0 amide bonds. The Labute approximate surface area is 180 Å². The van der Waals surface area contributed by atoms with E-state index < -0.39 is 0 Å². The van der Waals surface area contributed by atoms with Crippen LogP contribution in [-0.4, -0.2) is 16.2 Å². The van der Waals surface area contributed by atoms with Crippen LogP contribution in [0.5, 0.6) is 0 Å². The summed E-state index contributed by atoms with van der Waals surface area (Å²) in [5.41, 5.74) is 4.55. The summed E-state index contributed by atoms with van der Waals surface area (Å²) in [4.78, 5) is 14.1. The van der Waals surface area contributed by atoms with Crippen molar-refractivity contribution in [3.8, 4) is 22.6 Å². The van der Waals surface area contributed by atoms with Crippen molar-refractivity contribution in [2.45, 2.75) is 27.7 Å². The highest BCUT2D eigenvalue weighted by Gasteiger charge is 2.14. The lowest BCUT2D eigenvalue weighted by Crippen LogP contribution is -1.97. The fourth-order valence-electron chi connectivity index (χ4n) is 3.12. The zero-order valence-electron chi connectivity index (χ0n) is 17.1. The maximum Gasteiger partial charge on any atom is 0.160 e. The molecule has 29 heavy (non-hydrogen) atoms. The molecular weight excluding hydrogens is 422 g/mol. The second kappa shape index (κ2) is 9.57. The number of hydrogen-bond acceptors (Lipinski definition) is 3. The molecular formula is C25H24BrN3. The number of rotatable bonds is 3. The predicted octanol–water partition coefficient (Wildman–Crippen LogP) is 7.78. The summed E-state index contributed by atoms with van der Waals surface area (Å²) in [5.74, 6) is 0.707. The zero-order valence-corrected chi connectivity index (χ0v) is 18.7. The summed E-state index contributed by atoms with van der Waals surface area (Å²) in [5, 5.41) is 2.39. The van der Waals surface area contributed by atoms with Gasteiger partial charge in [-0.2, -0.15) is 0 Å². The number of aryl methyl sites for hydroxylation is 1. The van der Waals surface area contributed by atoms with E-state index in [1.165, 1.54) is 10.8 Å². The second-order valence-corrected chi connectivity index (χ2v) is 7.20. The van der Waals surface area contributed by atoms with Gasteiger partial charge < -0.3 is 0 Å². The molecule has 4 aromatic rings. The van der Waals surface area contributed by atoms with Crippen molar-refractivity contribution in [1.29, 1.82) is 0 Å². The summed E-state index contributed by atoms with van der Waals surface area (Å²) >= 11 is 3.48. The fraction of sp³-hybridized carbons (Fsp3) is 0.160. The summed E-state index contributed by atoms with van der Waals surface area (Å²) in [6.07, 6.45) is 1.79. The predicted molar refractivity (Wildman–Crippen MR) is 128 cm³/mol. The van der Waals surface area contributed by atoms with Crippen molar-refractivity contribution in [2.24, 2.45) is 4.99 Å². The first-order chi connectivity index (χ1) is 14.2. The number of fused-ring (bicyclic) bond motifs is 1. The first-order valence-corrected chi connectivity index (χ1v) is 10.6. The lowest BCUT2D eigenvalue weighted by atomic mass is 10.0. The van der Waals surface area contributed by atoms with Crippen molar-refractivity contribution in [1.82, 2.24) is 9.97 Å². The molecule has 0 aliphatic carbocycles. The van der Waals surface area contributed by atoms with Gasteiger partial charge in [-0.05, 0) is 42.8 Å². The third-order valence-electron chi connectivity index (χ3n) is 4.44. The van der Waals surface area contributed by atoms with Gasteiger partial charge in [-0.15, -0.1) is 0 Å². The topological polar surface area (TPSA) is 38.1 Å². The van der Waals surface area contributed by atoms with Crippen LogP contribution in [0, 0.1) is 6.92 Å². The smallest absolute Gasteiger partial charge is 0.160 e. The quantitative estimate of drug-likeness (QED) is 0.301. The number of aliphatic imine (C=N–C) groups is 1. The number of hydrogen-bond donors (Lipinski definition) is 0. The van der Waals surface area contributed by atoms with E-state index >= 15 is 0 Å². The van der Waals surface area contributed by atoms with E-state index in [1.807, 2.05) is 52.0 Å². The highest BCUT2D eigenvalue weighted by molar-refractivity contribution is 9.10. The fourth-order valence-corrected chi connectivity index (χ4v) is 3.38. The summed E-state index contributed by atoms with van der Waals surface area (Å²) < 4.78 is 1.03. The van der Waals surface area contributed by atoms with Crippen molar-refractivity contribution < 1.29 is 0 Å². The van der Waals surface area contributed by atoms with Crippen molar-refractivity contribution in [2.75, 3.05) is 0 Å². The Hall–Kier alpha value is -2.85. The number of halogens is 1. The summed E-state index contributed by atoms with van der Waals surface area (Å²) in [6.45, 7) is 7.89. The van der Waals surface area contributed by atoms with Crippen LogP contribution in [0.25, 0.3) is 33.4 Å². The highest BCUT2D eigenvalue weighted by Crippen LogP contribution is 2.34. The van der Waals surface area contributed by atoms with Crippen molar-refractivity contribution in [3.63, 3.8) is 0 Å². The molecule has 0 aliphatic heterocycles. The molecule has 0 atom stereocenters. The minimum absolute atomic E-state index is 0.707. The van der Waals surface area contributed by atoms with E-state index in [2.05, 4.69) is 63.4 Å². The normalized spacial score (nSPS) is 10.8. The molecule has 1 heterocycles. The second-order valence-electron chi connectivity index (χ2n) is 6.29. The Morgan fingerprint density at radius 3 is 2.17 bits per heavy atom. The molecule has 4 heteroatoms. The summed E-state index contributed by atoms with van der Waals surface area (Å²) in [7, 11) is 0. The molecule has 3 nitrogen and oxygen atoms in total. The molecule has 1 aromatic heterocycles. The zero-order chi connectivity index (χ0) is 20.8. The monoisotopic (exact) mass is 445 g/mol. The average Bonchev–Trinajstić information content (AvgIpc) is 2.76. The molecule has 146 valence electrons. The molecule has 0 bridgehead atoms. The van der Waals surface area contributed by atoms with Gasteiger partial charge >= 0.3 is 0 Å². The molecule has 0 unspecified atom stereocenters. The largest absolute Gasteiger partial charge is 0.257 e. The molecule has 0 radical (unpaired) electrons. The van der Waals surface area contributed by atoms with E-state index in [1.54, 1.807) is 6.21 Å². The highest BCUT2D eigenvalue weighted by atomic mass is 79.9. The Balaban J connectivity index is 0.00000117. The Bertz CT molecular complexity index is 1150. The number of nitrogens with zero attached hydrogens (tertiary/aromatic N) is 3. The van der Waals surface area contributed by atoms with Gasteiger partial charge in [-0.1, -0.05) is 78.3 Å². The van der Waals surface area contributed by atoms with Gasteiger partial charge in [0.05, 0.1) is 5.69 Å². The van der Waals surface area contributed by atoms with Gasteiger partial charge in [-0.25, -0.2) is 9.97 Å². The molecule has 0 spiro atoms. The van der Waals surface area contributed by atoms with Gasteiger partial charge in [0.2, 0.25) is 0 Å². The molecule has 0 aliphatic rings. The summed E-state index contributed by atoms with van der Waals surface area (Å²) in [6, 6.07) is 22.8. The number of aromatic nitrogens is 2. The van der Waals surface area contributed by atoms with E-state index in [9.17, 15) is 0 Å². The van der Waals surface area contributed by atoms with E-state index in [0.29, 0.717) is 5.82 Å². The minimum atomic E-state index is 0.707. The standard InChI is InChI=1S/C23H18BrN3.C2H6/c1-3-25-21-15(2)26-23(17-10-12-20(24)13-11-17)27-22(21)19-9-8-16-6-4-5-7-18(16)14-19;1-2/h3-14H,1-2H3;1-2H3. The number of benzene rings is 3. The van der Waals surface area contributed by atoms with Crippen LogP contribution in [0.4, 0.5) is 5.69 Å². The van der Waals surface area contributed by atoms with Crippen LogP contribution in [0.3, 0.4) is 0 Å². The van der Waals surface area contributed by atoms with E-state index in [0.717, 1.165) is 32.7 Å². The Morgan fingerprint density at radius 1 is 0.828 bits per heavy atom. The Kier molecular flexibility index (Phi) is 6.89. The lowest BCUT2D eigenvalue weighted by molar-refractivity contribution is 1.11. The van der Waals surface area contributed by atoms with Gasteiger partial charge in [0.15, 0.2) is 5.82 Å². The van der Waals surface area contributed by atoms with Gasteiger partial charge in [0.1, 0.15) is 11.4 Å². The third kappa shape index (κ3) is 4.60. The maximum absolute atomic E-state index is 4.89. The van der Waals surface area contributed by atoms with Crippen molar-refractivity contribution in [3.05, 3.63) is 76.9 Å². The Morgan fingerprint density at radius 2 is 1.48 bits per heavy atom. The van der Waals surface area contributed by atoms with Gasteiger partial charge in [0.25, 0.3) is 0 Å². The van der Waals surface area contributed by atoms with Crippen LogP contribution >= 0.6 is 15.9 Å². The molecule has 0 fully saturated rings. The van der Waals surface area contributed by atoms with Gasteiger partial charge in [-0.3, -0.25) is 4.99 Å². The van der Waals surface area contributed by atoms with Crippen LogP contribution in [0.2, 0.25) is 0 Å². The first-order valence-electron chi connectivity index (χ1n) is 9.78. The minimum Gasteiger partial charge on any atom is -0.257 e. The maximum atomic E-state index is 4.89. The molecule has 3 aromatic carbocycles. The molecule has 0 N–H and O–H groups in total. The SMILES string of the molecule is CC.CC=Nc1c(C)nc(-c2ccc(Br)cc2)nc1-c1ccc2ccccc2c1. The van der Waals surface area contributed by atoms with Gasteiger partial charge in [0, 0.05) is 21.8 Å².